The lowest BCUT2D eigenvalue weighted by atomic mass is 9.89. The molecule has 3 nitrogen and oxygen atoms in total. The van der Waals surface area contributed by atoms with Crippen LogP contribution < -0.4 is 5.32 Å². The quantitative estimate of drug-likeness (QED) is 0.0507. The highest BCUT2D eigenvalue weighted by atomic mass is 16.5. The van der Waals surface area contributed by atoms with Crippen molar-refractivity contribution >= 4 is 5.97 Å². The fourth-order valence-electron chi connectivity index (χ4n) is 7.85. The number of carbonyl (C=O) groups is 1. The van der Waals surface area contributed by atoms with E-state index in [0.717, 1.165) is 37.6 Å². The van der Waals surface area contributed by atoms with Crippen LogP contribution in [0.1, 0.15) is 265 Å². The molecular formula is C47H95NO2. The first-order valence-corrected chi connectivity index (χ1v) is 23.5. The van der Waals surface area contributed by atoms with E-state index in [1.807, 2.05) is 0 Å². The van der Waals surface area contributed by atoms with E-state index in [-0.39, 0.29) is 5.97 Å². The van der Waals surface area contributed by atoms with Gasteiger partial charge in [-0.2, -0.15) is 0 Å². The smallest absolute Gasteiger partial charge is 0.305 e. The molecule has 0 aliphatic carbocycles. The Labute approximate surface area is 316 Å². The molecule has 0 rings (SSSR count). The molecule has 0 aromatic heterocycles. The van der Waals surface area contributed by atoms with Crippen LogP contribution in [0.4, 0.5) is 0 Å². The van der Waals surface area contributed by atoms with Crippen molar-refractivity contribution in [2.45, 2.75) is 265 Å². The van der Waals surface area contributed by atoms with Crippen LogP contribution in [-0.4, -0.2) is 25.7 Å². The van der Waals surface area contributed by atoms with Crippen LogP contribution >= 0.6 is 0 Å². The Hall–Kier alpha value is -0.570. The van der Waals surface area contributed by atoms with Gasteiger partial charge < -0.3 is 10.1 Å². The highest BCUT2D eigenvalue weighted by Crippen LogP contribution is 2.25. The van der Waals surface area contributed by atoms with E-state index in [1.165, 1.54) is 218 Å². The molecule has 0 radical (unpaired) electrons. The Morgan fingerprint density at radius 3 is 1.06 bits per heavy atom. The van der Waals surface area contributed by atoms with E-state index < -0.39 is 0 Å². The van der Waals surface area contributed by atoms with E-state index in [9.17, 15) is 4.79 Å². The normalized spacial score (nSPS) is 11.7. The summed E-state index contributed by atoms with van der Waals surface area (Å²) in [5.41, 5.74) is 0. The summed E-state index contributed by atoms with van der Waals surface area (Å²) in [5, 5.41) is 3.66. The summed E-state index contributed by atoms with van der Waals surface area (Å²) >= 11 is 0. The average Bonchev–Trinajstić information content (AvgIpc) is 3.12. The van der Waals surface area contributed by atoms with Gasteiger partial charge in [0.25, 0.3) is 0 Å². The van der Waals surface area contributed by atoms with E-state index in [4.69, 9.17) is 4.74 Å². The number of rotatable bonds is 43. The van der Waals surface area contributed by atoms with Gasteiger partial charge in [-0.05, 0) is 57.0 Å². The fourth-order valence-corrected chi connectivity index (χ4v) is 7.85. The topological polar surface area (TPSA) is 38.3 Å². The molecule has 0 aliphatic heterocycles. The van der Waals surface area contributed by atoms with Gasteiger partial charge in [0, 0.05) is 6.42 Å². The van der Waals surface area contributed by atoms with Crippen LogP contribution in [0.2, 0.25) is 0 Å². The Morgan fingerprint density at radius 1 is 0.380 bits per heavy atom. The minimum absolute atomic E-state index is 0.0271. The molecule has 0 aliphatic rings. The standard InChI is InChI=1S/C47H95NO2/c1-5-9-13-26-35-45(36-27-14-10-6-2)39-30-22-19-17-18-20-24-32-42-48-43-33-25-21-23-31-41-47(49)50-44-34-40-46(37-28-15-11-7-3)38-29-16-12-8-4/h45-46,48H,5-44H2,1-4H3. The summed E-state index contributed by atoms with van der Waals surface area (Å²) in [5.74, 6) is 1.87. The zero-order valence-electron chi connectivity index (χ0n) is 35.3. The molecule has 0 aromatic carbocycles. The van der Waals surface area contributed by atoms with Gasteiger partial charge in [0.2, 0.25) is 0 Å². The van der Waals surface area contributed by atoms with Crippen LogP contribution in [0, 0.1) is 11.8 Å². The van der Waals surface area contributed by atoms with Gasteiger partial charge in [-0.25, -0.2) is 0 Å². The molecule has 0 bridgehead atoms. The van der Waals surface area contributed by atoms with Gasteiger partial charge in [0.1, 0.15) is 0 Å². The summed E-state index contributed by atoms with van der Waals surface area (Å²) in [7, 11) is 0. The molecule has 300 valence electrons. The molecule has 0 saturated heterocycles. The van der Waals surface area contributed by atoms with Gasteiger partial charge in [0.15, 0.2) is 0 Å². The Kier molecular flexibility index (Phi) is 42.4. The third-order valence-electron chi connectivity index (χ3n) is 11.3. The largest absolute Gasteiger partial charge is 0.466 e. The maximum atomic E-state index is 12.2. The van der Waals surface area contributed by atoms with Gasteiger partial charge in [-0.15, -0.1) is 0 Å². The fraction of sp³-hybridized carbons (Fsp3) is 0.979. The zero-order chi connectivity index (χ0) is 36.4. The number of hydrogen-bond donors (Lipinski definition) is 1. The van der Waals surface area contributed by atoms with Crippen molar-refractivity contribution < 1.29 is 9.53 Å². The van der Waals surface area contributed by atoms with Gasteiger partial charge in [0.05, 0.1) is 6.61 Å². The van der Waals surface area contributed by atoms with Crippen molar-refractivity contribution in [3.05, 3.63) is 0 Å². The lowest BCUT2D eigenvalue weighted by Gasteiger charge is -2.17. The Bertz CT molecular complexity index is 613. The van der Waals surface area contributed by atoms with Gasteiger partial charge >= 0.3 is 5.97 Å². The minimum atomic E-state index is 0.0271. The van der Waals surface area contributed by atoms with Crippen LogP contribution in [0.3, 0.4) is 0 Å². The van der Waals surface area contributed by atoms with Gasteiger partial charge in [-0.1, -0.05) is 227 Å². The van der Waals surface area contributed by atoms with Crippen LogP contribution in [0.15, 0.2) is 0 Å². The monoisotopic (exact) mass is 706 g/mol. The van der Waals surface area contributed by atoms with E-state index in [1.54, 1.807) is 0 Å². The van der Waals surface area contributed by atoms with Crippen LogP contribution in [0.25, 0.3) is 0 Å². The predicted octanol–water partition coefficient (Wildman–Crippen LogP) is 15.9. The lowest BCUT2D eigenvalue weighted by molar-refractivity contribution is -0.144. The van der Waals surface area contributed by atoms with Crippen molar-refractivity contribution in [3.8, 4) is 0 Å². The first-order valence-electron chi connectivity index (χ1n) is 23.5. The number of carbonyl (C=O) groups excluding carboxylic acids is 1. The molecule has 0 fully saturated rings. The van der Waals surface area contributed by atoms with Crippen LogP contribution in [0.5, 0.6) is 0 Å². The SMILES string of the molecule is CCCCCCC(CCCCCC)CCCCCCCCCCNCCCCCCCC(=O)OCCCC(CCCCCC)CCCCCC. The number of ether oxygens (including phenoxy) is 1. The van der Waals surface area contributed by atoms with E-state index in [0.29, 0.717) is 13.0 Å². The molecule has 0 unspecified atom stereocenters. The summed E-state index contributed by atoms with van der Waals surface area (Å²) in [4.78, 5) is 12.2. The van der Waals surface area contributed by atoms with Crippen molar-refractivity contribution in [1.29, 1.82) is 0 Å². The van der Waals surface area contributed by atoms with E-state index >= 15 is 0 Å². The van der Waals surface area contributed by atoms with Gasteiger partial charge in [-0.3, -0.25) is 4.79 Å². The number of hydrogen-bond acceptors (Lipinski definition) is 3. The Morgan fingerprint density at radius 2 is 0.680 bits per heavy atom. The number of esters is 1. The predicted molar refractivity (Wildman–Crippen MR) is 224 cm³/mol. The molecule has 0 amide bonds. The minimum Gasteiger partial charge on any atom is -0.466 e. The molecule has 0 heterocycles. The molecule has 0 saturated carbocycles. The molecule has 0 spiro atoms. The second kappa shape index (κ2) is 42.8. The molecule has 0 atom stereocenters. The summed E-state index contributed by atoms with van der Waals surface area (Å²) < 4.78 is 5.60. The second-order valence-corrected chi connectivity index (χ2v) is 16.4. The number of nitrogens with one attached hydrogen (secondary N) is 1. The van der Waals surface area contributed by atoms with Crippen molar-refractivity contribution in [1.82, 2.24) is 5.32 Å². The molecule has 3 heteroatoms. The average molecular weight is 706 g/mol. The molecular weight excluding hydrogens is 611 g/mol. The highest BCUT2D eigenvalue weighted by molar-refractivity contribution is 5.69. The Balaban J connectivity index is 3.57. The zero-order valence-corrected chi connectivity index (χ0v) is 35.3. The number of unbranched alkanes of at least 4 members (excludes halogenated alkanes) is 23. The molecule has 1 N–H and O–H groups in total. The molecule has 50 heavy (non-hydrogen) atoms. The van der Waals surface area contributed by atoms with E-state index in [2.05, 4.69) is 33.0 Å². The third-order valence-corrected chi connectivity index (χ3v) is 11.3. The van der Waals surface area contributed by atoms with Crippen molar-refractivity contribution in [2.75, 3.05) is 19.7 Å². The summed E-state index contributed by atoms with van der Waals surface area (Å²) in [6.07, 6.45) is 49.8. The first-order chi connectivity index (χ1) is 24.7. The molecule has 0 aromatic rings. The summed E-state index contributed by atoms with van der Waals surface area (Å²) in [6, 6.07) is 0. The summed E-state index contributed by atoms with van der Waals surface area (Å²) in [6.45, 7) is 12.2. The third kappa shape index (κ3) is 38.7. The first kappa shape index (κ1) is 49.4. The maximum absolute atomic E-state index is 12.2. The maximum Gasteiger partial charge on any atom is 0.305 e. The lowest BCUT2D eigenvalue weighted by Crippen LogP contribution is -2.16. The van der Waals surface area contributed by atoms with Crippen molar-refractivity contribution in [2.24, 2.45) is 11.8 Å². The second-order valence-electron chi connectivity index (χ2n) is 16.4. The van der Waals surface area contributed by atoms with Crippen LogP contribution in [-0.2, 0) is 9.53 Å². The highest BCUT2D eigenvalue weighted by Gasteiger charge is 2.11. The van der Waals surface area contributed by atoms with Crippen molar-refractivity contribution in [3.63, 3.8) is 0 Å².